The summed E-state index contributed by atoms with van der Waals surface area (Å²) < 4.78 is 7.24. The number of carbonyl (C=O) groups is 2. The monoisotopic (exact) mass is 511 g/mol. The Morgan fingerprint density at radius 3 is 2.56 bits per heavy atom. The van der Waals surface area contributed by atoms with E-state index in [4.69, 9.17) is 16.3 Å². The molecule has 1 N–H and O–H groups in total. The molecule has 1 aliphatic heterocycles. The second-order valence-electron chi connectivity index (χ2n) is 11.6. The van der Waals surface area contributed by atoms with Crippen LogP contribution in [0.4, 0.5) is 15.4 Å². The molecule has 0 aromatic carbocycles. The van der Waals surface area contributed by atoms with E-state index in [1.165, 1.54) is 6.20 Å². The number of rotatable bonds is 3. The van der Waals surface area contributed by atoms with Crippen LogP contribution in [-0.2, 0) is 17.7 Å². The molecule has 2 aromatic rings. The van der Waals surface area contributed by atoms with Crippen molar-refractivity contribution in [2.24, 2.45) is 5.41 Å². The molecule has 36 heavy (non-hydrogen) atoms. The standard InChI is InChI=1S/C27H34ClN5O3/c1-26(2,3)33(17-9-7-6-8-10-17)25(35)36-24(34)31-23-12-19(21(28)15-30-23)20-11-18(14-29)32-16-27(4,5)13-22(20)32/h11-12,15,17H,6-10,13,16H2,1-5H3,(H,30,31,34). The Bertz CT molecular complexity index is 1220. The van der Waals surface area contributed by atoms with Crippen LogP contribution in [0.2, 0.25) is 5.02 Å². The van der Waals surface area contributed by atoms with Gasteiger partial charge >= 0.3 is 12.2 Å². The molecule has 8 nitrogen and oxygen atoms in total. The zero-order valence-electron chi connectivity index (χ0n) is 21.7. The van der Waals surface area contributed by atoms with E-state index in [1.807, 2.05) is 31.4 Å². The molecule has 1 aliphatic carbocycles. The largest absolute Gasteiger partial charge is 0.421 e. The summed E-state index contributed by atoms with van der Waals surface area (Å²) >= 11 is 6.50. The maximum atomic E-state index is 13.0. The number of pyridine rings is 1. The van der Waals surface area contributed by atoms with Gasteiger partial charge in [-0.3, -0.25) is 10.2 Å². The fourth-order valence-corrected chi connectivity index (χ4v) is 5.71. The third-order valence-electron chi connectivity index (χ3n) is 6.97. The predicted octanol–water partition coefficient (Wildman–Crippen LogP) is 6.76. The Labute approximate surface area is 217 Å². The molecule has 0 bridgehead atoms. The van der Waals surface area contributed by atoms with Crippen molar-refractivity contribution in [1.82, 2.24) is 14.5 Å². The van der Waals surface area contributed by atoms with Crippen LogP contribution in [-0.4, -0.2) is 38.2 Å². The van der Waals surface area contributed by atoms with E-state index < -0.39 is 17.7 Å². The van der Waals surface area contributed by atoms with Crippen LogP contribution >= 0.6 is 11.6 Å². The van der Waals surface area contributed by atoms with Gasteiger partial charge in [0.1, 0.15) is 17.6 Å². The molecule has 0 saturated heterocycles. The molecule has 192 valence electrons. The average Bonchev–Trinajstić information content (AvgIpc) is 3.27. The summed E-state index contributed by atoms with van der Waals surface area (Å²) in [5.74, 6) is 0.211. The summed E-state index contributed by atoms with van der Waals surface area (Å²) in [6, 6.07) is 5.79. The van der Waals surface area contributed by atoms with Gasteiger partial charge in [-0.1, -0.05) is 44.7 Å². The van der Waals surface area contributed by atoms with E-state index >= 15 is 0 Å². The molecule has 1 saturated carbocycles. The molecule has 9 heteroatoms. The van der Waals surface area contributed by atoms with Crippen LogP contribution in [0.3, 0.4) is 0 Å². The predicted molar refractivity (Wildman–Crippen MR) is 139 cm³/mol. The number of ether oxygens (including phenoxy) is 1. The number of nitrogens with one attached hydrogen (secondary N) is 1. The molecule has 0 atom stereocenters. The summed E-state index contributed by atoms with van der Waals surface area (Å²) in [7, 11) is 0. The number of aromatic nitrogens is 2. The van der Waals surface area contributed by atoms with Crippen LogP contribution < -0.4 is 5.32 Å². The molecular formula is C27H34ClN5O3. The minimum Gasteiger partial charge on any atom is -0.359 e. The van der Waals surface area contributed by atoms with Crippen molar-refractivity contribution in [2.45, 2.75) is 91.3 Å². The average molecular weight is 512 g/mol. The zero-order chi connectivity index (χ0) is 26.3. The maximum absolute atomic E-state index is 13.0. The normalized spacial score (nSPS) is 17.2. The number of anilines is 1. The molecule has 2 aliphatic rings. The van der Waals surface area contributed by atoms with Crippen molar-refractivity contribution in [3.63, 3.8) is 0 Å². The number of hydrogen-bond acceptors (Lipinski definition) is 5. The Morgan fingerprint density at radius 1 is 1.22 bits per heavy atom. The highest BCUT2D eigenvalue weighted by molar-refractivity contribution is 6.33. The Kier molecular flexibility index (Phi) is 7.07. The van der Waals surface area contributed by atoms with Gasteiger partial charge in [-0.05, 0) is 57.6 Å². The van der Waals surface area contributed by atoms with E-state index in [1.54, 1.807) is 11.0 Å². The fourth-order valence-electron chi connectivity index (χ4n) is 5.50. The lowest BCUT2D eigenvalue weighted by Gasteiger charge is -2.42. The molecule has 0 radical (unpaired) electrons. The molecule has 1 fully saturated rings. The Balaban J connectivity index is 1.53. The van der Waals surface area contributed by atoms with Gasteiger partial charge in [-0.2, -0.15) is 5.26 Å². The molecule has 3 heterocycles. The van der Waals surface area contributed by atoms with E-state index in [0.717, 1.165) is 56.3 Å². The van der Waals surface area contributed by atoms with Gasteiger partial charge in [0, 0.05) is 41.1 Å². The van der Waals surface area contributed by atoms with Crippen molar-refractivity contribution in [1.29, 1.82) is 5.26 Å². The zero-order valence-corrected chi connectivity index (χ0v) is 22.4. The van der Waals surface area contributed by atoms with Crippen LogP contribution in [0.25, 0.3) is 11.1 Å². The first-order valence-electron chi connectivity index (χ1n) is 12.5. The van der Waals surface area contributed by atoms with Gasteiger partial charge in [-0.15, -0.1) is 0 Å². The SMILES string of the molecule is CC1(C)Cc2c(-c3cc(NC(=O)OC(=O)N(C4CCCCC4)C(C)(C)C)ncc3Cl)cc(C#N)n2C1. The highest BCUT2D eigenvalue weighted by atomic mass is 35.5. The molecule has 2 aromatic heterocycles. The summed E-state index contributed by atoms with van der Waals surface area (Å²) in [5, 5.41) is 12.6. The number of nitriles is 1. The summed E-state index contributed by atoms with van der Waals surface area (Å²) in [6.45, 7) is 10.9. The number of carbonyl (C=O) groups excluding carboxylic acids is 2. The number of halogens is 1. The molecule has 4 rings (SSSR count). The van der Waals surface area contributed by atoms with Crippen molar-refractivity contribution in [3.05, 3.63) is 34.7 Å². The van der Waals surface area contributed by atoms with E-state index in [0.29, 0.717) is 16.3 Å². The third kappa shape index (κ3) is 5.36. The lowest BCUT2D eigenvalue weighted by molar-refractivity contribution is 0.0512. The van der Waals surface area contributed by atoms with Crippen molar-refractivity contribution in [2.75, 3.05) is 5.32 Å². The van der Waals surface area contributed by atoms with Crippen LogP contribution in [0.1, 0.15) is 78.1 Å². The second kappa shape index (κ2) is 9.78. The second-order valence-corrected chi connectivity index (χ2v) is 12.0. The lowest BCUT2D eigenvalue weighted by Crippen LogP contribution is -2.53. The van der Waals surface area contributed by atoms with Gasteiger partial charge in [-0.25, -0.2) is 14.6 Å². The number of fused-ring (bicyclic) bond motifs is 1. The minimum atomic E-state index is -0.896. The molecule has 2 amide bonds. The van der Waals surface area contributed by atoms with Gasteiger partial charge in [0.15, 0.2) is 0 Å². The fraction of sp³-hybridized carbons (Fsp3) is 0.556. The van der Waals surface area contributed by atoms with Crippen LogP contribution in [0.15, 0.2) is 18.3 Å². The maximum Gasteiger partial charge on any atom is 0.421 e. The van der Waals surface area contributed by atoms with E-state index in [9.17, 15) is 14.9 Å². The van der Waals surface area contributed by atoms with Crippen LogP contribution in [0, 0.1) is 16.7 Å². The first-order valence-corrected chi connectivity index (χ1v) is 12.9. The highest BCUT2D eigenvalue weighted by Gasteiger charge is 2.36. The molecular weight excluding hydrogens is 478 g/mol. The van der Waals surface area contributed by atoms with Gasteiger partial charge in [0.05, 0.1) is 5.02 Å². The van der Waals surface area contributed by atoms with Gasteiger partial charge in [0.25, 0.3) is 0 Å². The summed E-state index contributed by atoms with van der Waals surface area (Å²) in [4.78, 5) is 31.6. The van der Waals surface area contributed by atoms with Crippen molar-refractivity contribution < 1.29 is 14.3 Å². The smallest absolute Gasteiger partial charge is 0.359 e. The number of amides is 2. The topological polar surface area (TPSA) is 100 Å². The van der Waals surface area contributed by atoms with Crippen LogP contribution in [0.5, 0.6) is 0 Å². The first kappa shape index (κ1) is 26.0. The third-order valence-corrected chi connectivity index (χ3v) is 7.27. The lowest BCUT2D eigenvalue weighted by atomic mass is 9.89. The van der Waals surface area contributed by atoms with Crippen molar-refractivity contribution in [3.8, 4) is 17.2 Å². The quantitative estimate of drug-likeness (QED) is 0.459. The first-order chi connectivity index (χ1) is 16.9. The van der Waals surface area contributed by atoms with Gasteiger partial charge in [0.2, 0.25) is 0 Å². The number of nitrogens with zero attached hydrogens (tertiary/aromatic N) is 4. The van der Waals surface area contributed by atoms with Crippen molar-refractivity contribution >= 4 is 29.6 Å². The Morgan fingerprint density at radius 2 is 1.92 bits per heavy atom. The van der Waals surface area contributed by atoms with E-state index in [-0.39, 0.29) is 17.3 Å². The summed E-state index contributed by atoms with van der Waals surface area (Å²) in [6.07, 6.45) is 5.77. The highest BCUT2D eigenvalue weighted by Crippen LogP contribution is 2.42. The van der Waals surface area contributed by atoms with Gasteiger partial charge < -0.3 is 9.30 Å². The Hall–Kier alpha value is -3.05. The molecule has 0 unspecified atom stereocenters. The number of hydrogen-bond donors (Lipinski definition) is 1. The summed E-state index contributed by atoms with van der Waals surface area (Å²) in [5.41, 5.74) is 2.65. The molecule has 0 spiro atoms. The minimum absolute atomic E-state index is 0.0267. The van der Waals surface area contributed by atoms with E-state index in [2.05, 4.69) is 30.2 Å².